The predicted molar refractivity (Wildman–Crippen MR) is 117 cm³/mol. The fourth-order valence-corrected chi connectivity index (χ4v) is 8.55. The summed E-state index contributed by atoms with van der Waals surface area (Å²) in [4.78, 5) is 8.09. The molecule has 0 atom stereocenters. The van der Waals surface area contributed by atoms with Crippen molar-refractivity contribution in [3.8, 4) is 21.3 Å². The van der Waals surface area contributed by atoms with Crippen LogP contribution in [-0.2, 0) is 0 Å². The van der Waals surface area contributed by atoms with Gasteiger partial charge < -0.3 is 9.47 Å². The van der Waals surface area contributed by atoms with Crippen LogP contribution in [0.1, 0.15) is 9.75 Å². The zero-order valence-electron chi connectivity index (χ0n) is 14.1. The average Bonchev–Trinajstić information content (AvgIpc) is 3.08. The molecule has 0 N–H and O–H groups in total. The minimum Gasteiger partial charge on any atom is -0.485 e. The molecule has 3 heterocycles. The van der Waals surface area contributed by atoms with Crippen molar-refractivity contribution in [3.63, 3.8) is 0 Å². The van der Waals surface area contributed by atoms with E-state index >= 15 is 0 Å². The maximum absolute atomic E-state index is 5.99. The van der Waals surface area contributed by atoms with Crippen molar-refractivity contribution in [1.29, 1.82) is 0 Å². The molecule has 1 aliphatic rings. The molecule has 2 nitrogen and oxygen atoms in total. The molecule has 0 unspecified atom stereocenters. The van der Waals surface area contributed by atoms with Gasteiger partial charge in [0.25, 0.3) is 0 Å². The van der Waals surface area contributed by atoms with Gasteiger partial charge in [0.2, 0.25) is 0 Å². The highest BCUT2D eigenvalue weighted by Gasteiger charge is 2.28. The molecule has 0 spiro atoms. The second-order valence-electron chi connectivity index (χ2n) is 5.09. The number of aryl methyl sites for hydroxylation is 2. The van der Waals surface area contributed by atoms with E-state index < -0.39 is 0 Å². The smallest absolute Gasteiger partial charge is 0.181 e. The van der Waals surface area contributed by atoms with Crippen molar-refractivity contribution < 1.29 is 9.47 Å². The number of hydrogen-bond acceptors (Lipinski definition) is 8. The van der Waals surface area contributed by atoms with Crippen LogP contribution in [0.5, 0.6) is 11.5 Å². The van der Waals surface area contributed by atoms with Crippen LogP contribution in [0, 0.1) is 13.8 Å². The summed E-state index contributed by atoms with van der Waals surface area (Å²) < 4.78 is 11.8. The molecule has 0 saturated carbocycles. The van der Waals surface area contributed by atoms with Crippen LogP contribution in [0.2, 0.25) is 0 Å². The summed E-state index contributed by atoms with van der Waals surface area (Å²) >= 11 is 11.4. The van der Waals surface area contributed by atoms with Gasteiger partial charge in [-0.3, -0.25) is 0 Å². The van der Waals surface area contributed by atoms with Crippen LogP contribution < -0.4 is 9.47 Å². The lowest BCUT2D eigenvalue weighted by Crippen LogP contribution is -2.14. The fraction of sp³-hybridized carbons (Fsp3) is 0.500. The van der Waals surface area contributed by atoms with Gasteiger partial charge in [-0.25, -0.2) is 0 Å². The fourth-order valence-electron chi connectivity index (χ4n) is 2.44. The van der Waals surface area contributed by atoms with E-state index in [0.717, 1.165) is 21.7 Å². The zero-order chi connectivity index (χ0) is 17.1. The quantitative estimate of drug-likeness (QED) is 0.353. The topological polar surface area (TPSA) is 18.5 Å². The van der Waals surface area contributed by atoms with Gasteiger partial charge in [0.1, 0.15) is 13.2 Å². The van der Waals surface area contributed by atoms with Crippen LogP contribution >= 0.6 is 69.7 Å². The van der Waals surface area contributed by atoms with Gasteiger partial charge >= 0.3 is 0 Å². The van der Waals surface area contributed by atoms with Gasteiger partial charge in [0.05, 0.1) is 9.75 Å². The molecular formula is C16H20O2S6. The Hall–Kier alpha value is 0.400. The van der Waals surface area contributed by atoms with Crippen molar-refractivity contribution >= 4 is 69.7 Å². The molecule has 1 aliphatic heterocycles. The van der Waals surface area contributed by atoms with E-state index in [9.17, 15) is 0 Å². The standard InChI is InChI=1S/C16H20O2S6/c1-9-11-12(18-6-5-17-11)14(23-9)16-15(22-8-20-4)13(10(2)24-16)21-7-19-3/h5-8H2,1-4H3. The number of rotatable bonds is 7. The van der Waals surface area contributed by atoms with E-state index in [1.54, 1.807) is 11.3 Å². The maximum atomic E-state index is 5.99. The van der Waals surface area contributed by atoms with Crippen LogP contribution in [-0.4, -0.2) is 35.9 Å². The largest absolute Gasteiger partial charge is 0.485 e. The van der Waals surface area contributed by atoms with Gasteiger partial charge in [-0.05, 0) is 26.4 Å². The Morgan fingerprint density at radius 2 is 1.38 bits per heavy atom. The van der Waals surface area contributed by atoms with Crippen molar-refractivity contribution in [1.82, 2.24) is 0 Å². The first-order valence-corrected chi connectivity index (χ1v) is 13.8. The normalized spacial score (nSPS) is 13.5. The number of thiophene rings is 2. The first-order chi connectivity index (χ1) is 11.7. The molecule has 0 fully saturated rings. The molecule has 0 aromatic carbocycles. The highest BCUT2D eigenvalue weighted by atomic mass is 32.2. The minimum absolute atomic E-state index is 0.641. The Balaban J connectivity index is 2.07. The van der Waals surface area contributed by atoms with Crippen molar-refractivity contribution in [2.45, 2.75) is 23.6 Å². The van der Waals surface area contributed by atoms with Gasteiger partial charge in [-0.2, -0.15) is 23.5 Å². The second-order valence-corrected chi connectivity index (χ2v) is 12.0. The molecule has 2 aromatic rings. The van der Waals surface area contributed by atoms with Crippen LogP contribution in [0.4, 0.5) is 0 Å². The Morgan fingerprint density at radius 3 is 2.04 bits per heavy atom. The lowest BCUT2D eigenvalue weighted by Gasteiger charge is -2.16. The highest BCUT2D eigenvalue weighted by Crippen LogP contribution is 2.56. The van der Waals surface area contributed by atoms with Crippen molar-refractivity contribution in [2.75, 3.05) is 35.9 Å². The summed E-state index contributed by atoms with van der Waals surface area (Å²) in [6.45, 7) is 5.66. The lowest BCUT2D eigenvalue weighted by molar-refractivity contribution is 0.173. The van der Waals surface area contributed by atoms with Crippen LogP contribution in [0.25, 0.3) is 9.75 Å². The van der Waals surface area contributed by atoms with Crippen LogP contribution in [0.3, 0.4) is 0 Å². The van der Waals surface area contributed by atoms with E-state index in [1.165, 1.54) is 29.3 Å². The summed E-state index contributed by atoms with van der Waals surface area (Å²) in [5.41, 5.74) is 0. The van der Waals surface area contributed by atoms with Crippen molar-refractivity contribution in [3.05, 3.63) is 9.75 Å². The number of hydrogen-bond donors (Lipinski definition) is 0. The molecule has 132 valence electrons. The van der Waals surface area contributed by atoms with E-state index in [1.807, 2.05) is 58.4 Å². The SMILES string of the molecule is CSCSc1c(C)sc(-c2sc(C)c3c2OCCO3)c1SCSC. The molecule has 0 saturated heterocycles. The monoisotopic (exact) mass is 436 g/mol. The third-order valence-corrected chi connectivity index (χ3v) is 10.4. The molecule has 0 bridgehead atoms. The van der Waals surface area contributed by atoms with Gasteiger partial charge in [-0.15, -0.1) is 46.2 Å². The first-order valence-electron chi connectivity index (χ1n) is 7.43. The van der Waals surface area contributed by atoms with Gasteiger partial charge in [0.15, 0.2) is 11.5 Å². The summed E-state index contributed by atoms with van der Waals surface area (Å²) in [7, 11) is 0. The summed E-state index contributed by atoms with van der Waals surface area (Å²) in [6.07, 6.45) is 4.32. The maximum Gasteiger partial charge on any atom is 0.181 e. The molecule has 3 rings (SSSR count). The van der Waals surface area contributed by atoms with Crippen molar-refractivity contribution in [2.24, 2.45) is 0 Å². The summed E-state index contributed by atoms with van der Waals surface area (Å²) in [6, 6.07) is 0. The third kappa shape index (κ3) is 3.88. The molecule has 0 amide bonds. The summed E-state index contributed by atoms with van der Waals surface area (Å²) in [5, 5.41) is 2.16. The minimum atomic E-state index is 0.641. The molecule has 2 aromatic heterocycles. The molecule has 0 radical (unpaired) electrons. The Bertz CT molecular complexity index is 706. The second kappa shape index (κ2) is 8.86. The lowest BCUT2D eigenvalue weighted by atomic mass is 10.3. The molecular weight excluding hydrogens is 417 g/mol. The number of fused-ring (bicyclic) bond motifs is 1. The van der Waals surface area contributed by atoms with E-state index in [4.69, 9.17) is 9.47 Å². The average molecular weight is 437 g/mol. The molecule has 8 heteroatoms. The molecule has 24 heavy (non-hydrogen) atoms. The molecule has 0 aliphatic carbocycles. The number of thioether (sulfide) groups is 4. The first kappa shape index (κ1) is 19.2. The van der Waals surface area contributed by atoms with Crippen LogP contribution in [0.15, 0.2) is 9.79 Å². The van der Waals surface area contributed by atoms with Gasteiger partial charge in [-0.1, -0.05) is 0 Å². The summed E-state index contributed by atoms with van der Waals surface area (Å²) in [5.74, 6) is 1.91. The van der Waals surface area contributed by atoms with E-state index in [-0.39, 0.29) is 0 Å². The Labute approximate surface area is 168 Å². The number of ether oxygens (including phenoxy) is 2. The third-order valence-electron chi connectivity index (χ3n) is 3.40. The highest BCUT2D eigenvalue weighted by molar-refractivity contribution is 8.17. The Morgan fingerprint density at radius 1 is 0.792 bits per heavy atom. The van der Waals surface area contributed by atoms with E-state index in [0.29, 0.717) is 13.2 Å². The Kier molecular flexibility index (Phi) is 7.08. The predicted octanol–water partition coefficient (Wildman–Crippen LogP) is 6.69. The van der Waals surface area contributed by atoms with E-state index in [2.05, 4.69) is 26.4 Å². The zero-order valence-corrected chi connectivity index (χ0v) is 19.0. The van der Waals surface area contributed by atoms with Gasteiger partial charge in [0, 0.05) is 29.7 Å².